The van der Waals surface area contributed by atoms with Gasteiger partial charge in [0, 0.05) is 29.8 Å². The molecule has 6 heteroatoms. The molecule has 0 fully saturated rings. The number of hydrogen-bond donors (Lipinski definition) is 1. The van der Waals surface area contributed by atoms with E-state index in [0.717, 1.165) is 40.3 Å². The molecule has 0 atom stereocenters. The number of benzene rings is 2. The van der Waals surface area contributed by atoms with E-state index in [4.69, 9.17) is 0 Å². The Kier molecular flexibility index (Phi) is 5.40. The van der Waals surface area contributed by atoms with Crippen molar-refractivity contribution in [2.75, 3.05) is 5.32 Å². The Morgan fingerprint density at radius 2 is 1.61 bits per heavy atom. The highest BCUT2D eigenvalue weighted by Crippen LogP contribution is 2.28. The van der Waals surface area contributed by atoms with E-state index in [-0.39, 0.29) is 5.91 Å². The highest BCUT2D eigenvalue weighted by molar-refractivity contribution is 6.05. The van der Waals surface area contributed by atoms with Crippen molar-refractivity contribution in [3.05, 3.63) is 113 Å². The monoisotopic (exact) mass is 433 g/mol. The minimum Gasteiger partial charge on any atom is -0.322 e. The average Bonchev–Trinajstić information content (AvgIpc) is 3.18. The van der Waals surface area contributed by atoms with Gasteiger partial charge in [-0.05, 0) is 61.2 Å². The third-order valence-corrected chi connectivity index (χ3v) is 5.74. The number of aromatic nitrogens is 4. The molecule has 0 radical (unpaired) electrons. The smallest absolute Gasteiger partial charge is 0.259 e. The van der Waals surface area contributed by atoms with Crippen LogP contribution >= 0.6 is 0 Å². The highest BCUT2D eigenvalue weighted by Gasteiger charge is 2.18. The Hall–Kier alpha value is -4.32. The molecule has 0 unspecified atom stereocenters. The maximum Gasteiger partial charge on any atom is 0.259 e. The van der Waals surface area contributed by atoms with Gasteiger partial charge in [-0.25, -0.2) is 9.50 Å². The lowest BCUT2D eigenvalue weighted by Gasteiger charge is -2.10. The molecular weight excluding hydrogens is 410 g/mol. The van der Waals surface area contributed by atoms with Gasteiger partial charge in [-0.3, -0.25) is 9.78 Å². The summed E-state index contributed by atoms with van der Waals surface area (Å²) in [7, 11) is 0. The summed E-state index contributed by atoms with van der Waals surface area (Å²) >= 11 is 0. The molecule has 0 aliphatic heterocycles. The first-order valence-corrected chi connectivity index (χ1v) is 10.8. The molecule has 6 nitrogen and oxygen atoms in total. The van der Waals surface area contributed by atoms with E-state index in [1.165, 1.54) is 11.1 Å². The van der Waals surface area contributed by atoms with Crippen LogP contribution in [-0.2, 0) is 6.42 Å². The number of carbonyl (C=O) groups is 1. The summed E-state index contributed by atoms with van der Waals surface area (Å²) in [6, 6.07) is 21.9. The first kappa shape index (κ1) is 20.6. The zero-order chi connectivity index (χ0) is 22.8. The van der Waals surface area contributed by atoms with Crippen molar-refractivity contribution < 1.29 is 4.79 Å². The number of nitrogens with zero attached hydrogens (tertiary/aromatic N) is 4. The van der Waals surface area contributed by atoms with E-state index in [9.17, 15) is 4.79 Å². The third-order valence-electron chi connectivity index (χ3n) is 5.74. The molecular formula is C27H23N5O. The average molecular weight is 434 g/mol. The minimum atomic E-state index is -0.210. The third kappa shape index (κ3) is 4.11. The Balaban J connectivity index is 1.38. The summed E-state index contributed by atoms with van der Waals surface area (Å²) in [5, 5.41) is 7.64. The Morgan fingerprint density at radius 1 is 0.909 bits per heavy atom. The van der Waals surface area contributed by atoms with Gasteiger partial charge >= 0.3 is 0 Å². The first-order chi connectivity index (χ1) is 16.1. The maximum atomic E-state index is 13.0. The van der Waals surface area contributed by atoms with E-state index in [2.05, 4.69) is 20.4 Å². The van der Waals surface area contributed by atoms with Gasteiger partial charge in [-0.15, -0.1) is 0 Å². The van der Waals surface area contributed by atoms with Crippen LogP contribution in [0.1, 0.15) is 32.9 Å². The van der Waals surface area contributed by atoms with Crippen LogP contribution in [0, 0.1) is 13.8 Å². The molecule has 1 N–H and O–H groups in total. The number of carbonyl (C=O) groups excluding carboxylic acids is 1. The number of aryl methyl sites for hydroxylation is 2. The Labute approximate surface area is 192 Å². The van der Waals surface area contributed by atoms with Crippen molar-refractivity contribution in [1.82, 2.24) is 19.6 Å². The molecule has 0 saturated heterocycles. The van der Waals surface area contributed by atoms with E-state index in [0.29, 0.717) is 5.56 Å². The summed E-state index contributed by atoms with van der Waals surface area (Å²) in [6.45, 7) is 3.85. The highest BCUT2D eigenvalue weighted by atomic mass is 16.1. The fourth-order valence-electron chi connectivity index (χ4n) is 4.01. The molecule has 0 aliphatic rings. The van der Waals surface area contributed by atoms with Gasteiger partial charge < -0.3 is 5.32 Å². The molecule has 0 saturated carbocycles. The fraction of sp³-hybridized carbons (Fsp3) is 0.111. The molecule has 5 aromatic rings. The Morgan fingerprint density at radius 3 is 2.33 bits per heavy atom. The van der Waals surface area contributed by atoms with Crippen molar-refractivity contribution in [2.24, 2.45) is 0 Å². The van der Waals surface area contributed by atoms with E-state index >= 15 is 0 Å². The Bertz CT molecular complexity index is 1420. The van der Waals surface area contributed by atoms with E-state index in [1.54, 1.807) is 23.1 Å². The second-order valence-electron chi connectivity index (χ2n) is 8.00. The number of anilines is 1. The number of rotatable bonds is 5. The second-order valence-corrected chi connectivity index (χ2v) is 8.00. The van der Waals surface area contributed by atoms with Crippen molar-refractivity contribution in [3.8, 4) is 11.1 Å². The zero-order valence-corrected chi connectivity index (χ0v) is 18.5. The van der Waals surface area contributed by atoms with Crippen LogP contribution in [0.3, 0.4) is 0 Å². The van der Waals surface area contributed by atoms with Gasteiger partial charge in [0.15, 0.2) is 5.65 Å². The summed E-state index contributed by atoms with van der Waals surface area (Å²) < 4.78 is 1.75. The number of fused-ring (bicyclic) bond motifs is 1. The topological polar surface area (TPSA) is 72.2 Å². The molecule has 0 bridgehead atoms. The lowest BCUT2D eigenvalue weighted by Crippen LogP contribution is -2.16. The fourth-order valence-corrected chi connectivity index (χ4v) is 4.01. The predicted molar refractivity (Wildman–Crippen MR) is 129 cm³/mol. The normalized spacial score (nSPS) is 11.0. The number of amides is 1. The lowest BCUT2D eigenvalue weighted by atomic mass is 10.1. The number of nitrogens with one attached hydrogen (secondary N) is 1. The van der Waals surface area contributed by atoms with Gasteiger partial charge in [-0.2, -0.15) is 5.10 Å². The van der Waals surface area contributed by atoms with Crippen LogP contribution < -0.4 is 5.32 Å². The van der Waals surface area contributed by atoms with Gasteiger partial charge in [0.05, 0.1) is 17.0 Å². The summed E-state index contributed by atoms with van der Waals surface area (Å²) in [4.78, 5) is 21.7. The first-order valence-electron chi connectivity index (χ1n) is 10.8. The van der Waals surface area contributed by atoms with Gasteiger partial charge in [0.25, 0.3) is 5.91 Å². The lowest BCUT2D eigenvalue weighted by molar-refractivity contribution is 0.102. The van der Waals surface area contributed by atoms with Crippen LogP contribution in [0.2, 0.25) is 0 Å². The largest absolute Gasteiger partial charge is 0.322 e. The molecule has 3 aromatic heterocycles. The molecule has 5 rings (SSSR count). The second kappa shape index (κ2) is 8.67. The quantitative estimate of drug-likeness (QED) is 0.411. The van der Waals surface area contributed by atoms with Crippen LogP contribution in [0.15, 0.2) is 85.3 Å². The van der Waals surface area contributed by atoms with Crippen LogP contribution in [-0.4, -0.2) is 25.5 Å². The SMILES string of the molecule is Cc1nn2c(C)c(C(=O)Nc3ccc(Cc4ccncc4)cc3)cnc2c1-c1ccccc1. The molecule has 1 amide bonds. The summed E-state index contributed by atoms with van der Waals surface area (Å²) in [6.07, 6.45) is 6.03. The van der Waals surface area contributed by atoms with Crippen molar-refractivity contribution in [1.29, 1.82) is 0 Å². The van der Waals surface area contributed by atoms with Crippen LogP contribution in [0.5, 0.6) is 0 Å². The van der Waals surface area contributed by atoms with Crippen molar-refractivity contribution in [3.63, 3.8) is 0 Å². The van der Waals surface area contributed by atoms with Crippen molar-refractivity contribution >= 4 is 17.2 Å². The summed E-state index contributed by atoms with van der Waals surface area (Å²) in [5.41, 5.74) is 7.99. The standard InChI is InChI=1S/C27H23N5O/c1-18-25(22-6-4-3-5-7-22)26-29-17-24(19(2)32(26)31-18)27(33)30-23-10-8-20(9-11-23)16-21-12-14-28-15-13-21/h3-15,17H,16H2,1-2H3,(H,30,33). The molecule has 2 aromatic carbocycles. The predicted octanol–water partition coefficient (Wildman–Crippen LogP) is 5.25. The minimum absolute atomic E-state index is 0.210. The zero-order valence-electron chi connectivity index (χ0n) is 18.5. The summed E-state index contributed by atoms with van der Waals surface area (Å²) in [5.74, 6) is -0.210. The van der Waals surface area contributed by atoms with E-state index < -0.39 is 0 Å². The molecule has 0 spiro atoms. The van der Waals surface area contributed by atoms with Crippen molar-refractivity contribution in [2.45, 2.75) is 20.3 Å². The van der Waals surface area contributed by atoms with Crippen LogP contribution in [0.4, 0.5) is 5.69 Å². The maximum absolute atomic E-state index is 13.0. The molecule has 33 heavy (non-hydrogen) atoms. The van der Waals surface area contributed by atoms with Gasteiger partial charge in [0.2, 0.25) is 0 Å². The number of hydrogen-bond acceptors (Lipinski definition) is 4. The van der Waals surface area contributed by atoms with Gasteiger partial charge in [0.1, 0.15) is 0 Å². The number of pyridine rings is 1. The molecule has 3 heterocycles. The molecule has 162 valence electrons. The molecule has 0 aliphatic carbocycles. The van der Waals surface area contributed by atoms with Gasteiger partial charge in [-0.1, -0.05) is 42.5 Å². The van der Waals surface area contributed by atoms with Crippen LogP contribution in [0.25, 0.3) is 16.8 Å². The van der Waals surface area contributed by atoms with E-state index in [1.807, 2.05) is 80.6 Å².